The molecule has 0 atom stereocenters. The van der Waals surface area contributed by atoms with Crippen LogP contribution in [0.5, 0.6) is 0 Å². The van der Waals surface area contributed by atoms with Crippen LogP contribution in [0.25, 0.3) is 0 Å². The second kappa shape index (κ2) is 4.54. The summed E-state index contributed by atoms with van der Waals surface area (Å²) in [5, 5.41) is 0. The van der Waals surface area contributed by atoms with Gasteiger partial charge in [0.15, 0.2) is 5.83 Å². The number of hydrogen-bond donors (Lipinski definition) is 0. The Bertz CT molecular complexity index is 211. The molecule has 0 spiro atoms. The Morgan fingerprint density at radius 3 is 2.27 bits per heavy atom. The highest BCUT2D eigenvalue weighted by Gasteiger charge is 2.03. The highest BCUT2D eigenvalue weighted by Crippen LogP contribution is 1.98. The zero-order chi connectivity index (χ0) is 8.85. The van der Waals surface area contributed by atoms with Gasteiger partial charge in [-0.05, 0) is 0 Å². The van der Waals surface area contributed by atoms with Crippen LogP contribution in [-0.2, 0) is 4.74 Å². The topological polar surface area (TPSA) is 34.0 Å². The molecule has 0 N–H and O–H groups in total. The minimum atomic E-state index is -1.33. The number of aliphatic imine (C=N–C) groups is 2. The van der Waals surface area contributed by atoms with Gasteiger partial charge in [-0.1, -0.05) is 6.58 Å². The van der Waals surface area contributed by atoms with Crippen molar-refractivity contribution in [2.75, 3.05) is 14.2 Å². The van der Waals surface area contributed by atoms with E-state index in [1.807, 2.05) is 0 Å². The molecular formula is C6H8F2N2O. The van der Waals surface area contributed by atoms with Gasteiger partial charge in [-0.25, -0.2) is 9.38 Å². The van der Waals surface area contributed by atoms with E-state index in [4.69, 9.17) is 0 Å². The predicted molar refractivity (Wildman–Crippen MR) is 39.2 cm³/mol. The van der Waals surface area contributed by atoms with Crippen molar-refractivity contribution in [2.24, 2.45) is 9.98 Å². The van der Waals surface area contributed by atoms with E-state index < -0.39 is 11.8 Å². The first-order valence-electron chi connectivity index (χ1n) is 2.71. The van der Waals surface area contributed by atoms with Crippen LogP contribution in [0.1, 0.15) is 0 Å². The highest BCUT2D eigenvalue weighted by molar-refractivity contribution is 5.97. The van der Waals surface area contributed by atoms with E-state index in [9.17, 15) is 8.78 Å². The van der Waals surface area contributed by atoms with Crippen molar-refractivity contribution >= 4 is 12.0 Å². The fraction of sp³-hybridized carbons (Fsp3) is 0.333. The first kappa shape index (κ1) is 9.74. The lowest BCUT2D eigenvalue weighted by molar-refractivity contribution is 0.395. The molecular weight excluding hydrogens is 154 g/mol. The van der Waals surface area contributed by atoms with Crippen LogP contribution in [0.2, 0.25) is 0 Å². The van der Waals surface area contributed by atoms with Crippen molar-refractivity contribution in [3.63, 3.8) is 0 Å². The van der Waals surface area contributed by atoms with Crippen LogP contribution in [0, 0.1) is 0 Å². The van der Waals surface area contributed by atoms with Gasteiger partial charge in [-0.2, -0.15) is 9.38 Å². The molecule has 0 saturated carbocycles. The second-order valence-electron chi connectivity index (χ2n) is 1.52. The number of hydrogen-bond acceptors (Lipinski definition) is 2. The molecule has 0 unspecified atom stereocenters. The molecule has 0 aromatic carbocycles. The number of nitrogens with zero attached hydrogens (tertiary/aromatic N) is 2. The van der Waals surface area contributed by atoms with Crippen LogP contribution in [-0.4, -0.2) is 26.1 Å². The normalized spacial score (nSPS) is 13.1. The molecule has 0 aromatic rings. The van der Waals surface area contributed by atoms with Gasteiger partial charge < -0.3 is 4.74 Å². The summed E-state index contributed by atoms with van der Waals surface area (Å²) in [6, 6.07) is -0.235. The Labute approximate surface area is 63.1 Å². The quantitative estimate of drug-likeness (QED) is 0.424. The summed E-state index contributed by atoms with van der Waals surface area (Å²) >= 11 is 0. The number of methoxy groups -OCH3 is 1. The fourth-order valence-electron chi connectivity index (χ4n) is 0.332. The Morgan fingerprint density at radius 1 is 1.45 bits per heavy atom. The Hall–Kier alpha value is -1.26. The smallest absolute Gasteiger partial charge is 0.313 e. The molecule has 0 saturated heterocycles. The summed E-state index contributed by atoms with van der Waals surface area (Å²) in [6.07, 6.45) is 0. The molecule has 11 heavy (non-hydrogen) atoms. The number of ether oxygens (including phenoxy) is 1. The molecule has 0 heterocycles. The molecule has 0 amide bonds. The highest BCUT2D eigenvalue weighted by atomic mass is 19.2. The Morgan fingerprint density at radius 2 is 2.00 bits per heavy atom. The lowest BCUT2D eigenvalue weighted by Crippen LogP contribution is -2.01. The van der Waals surface area contributed by atoms with Crippen molar-refractivity contribution in [1.29, 1.82) is 0 Å². The van der Waals surface area contributed by atoms with E-state index in [0.717, 1.165) is 0 Å². The maximum absolute atomic E-state index is 12.3. The Balaban J connectivity index is 4.40. The molecule has 0 bridgehead atoms. The van der Waals surface area contributed by atoms with Crippen molar-refractivity contribution in [1.82, 2.24) is 0 Å². The van der Waals surface area contributed by atoms with Crippen LogP contribution in [0.15, 0.2) is 22.4 Å². The van der Waals surface area contributed by atoms with Gasteiger partial charge in [0.05, 0.1) is 7.11 Å². The Kier molecular flexibility index (Phi) is 4.02. The average Bonchev–Trinajstić information content (AvgIpc) is 1.99. The SMILES string of the molecule is C=C(F)/C(F)=N\C(=N/C)OC. The molecule has 0 aliphatic rings. The van der Waals surface area contributed by atoms with E-state index >= 15 is 0 Å². The number of amidine groups is 1. The first-order chi connectivity index (χ1) is 5.11. The zero-order valence-corrected chi connectivity index (χ0v) is 6.27. The molecule has 62 valence electrons. The van der Waals surface area contributed by atoms with Gasteiger partial charge in [0.25, 0.3) is 5.97 Å². The van der Waals surface area contributed by atoms with E-state index in [-0.39, 0.29) is 6.02 Å². The largest absolute Gasteiger partial charge is 0.467 e. The molecule has 0 aliphatic carbocycles. The van der Waals surface area contributed by atoms with Gasteiger partial charge in [0.1, 0.15) is 0 Å². The van der Waals surface area contributed by atoms with E-state index in [2.05, 4.69) is 21.3 Å². The maximum atomic E-state index is 12.3. The van der Waals surface area contributed by atoms with Gasteiger partial charge in [-0.15, -0.1) is 0 Å². The van der Waals surface area contributed by atoms with Crippen LogP contribution >= 0.6 is 0 Å². The summed E-state index contributed by atoms with van der Waals surface area (Å²) < 4.78 is 28.6. The van der Waals surface area contributed by atoms with Crippen LogP contribution < -0.4 is 0 Å². The van der Waals surface area contributed by atoms with Gasteiger partial charge >= 0.3 is 6.02 Å². The van der Waals surface area contributed by atoms with E-state index in [0.29, 0.717) is 0 Å². The lowest BCUT2D eigenvalue weighted by atomic mass is 10.6. The van der Waals surface area contributed by atoms with Gasteiger partial charge in [0.2, 0.25) is 0 Å². The summed E-state index contributed by atoms with van der Waals surface area (Å²) in [4.78, 5) is 6.40. The van der Waals surface area contributed by atoms with Gasteiger partial charge in [0, 0.05) is 7.05 Å². The number of halogens is 2. The summed E-state index contributed by atoms with van der Waals surface area (Å²) in [5.74, 6) is -2.57. The van der Waals surface area contributed by atoms with E-state index in [1.54, 1.807) is 0 Å². The fourth-order valence-corrected chi connectivity index (χ4v) is 0.332. The predicted octanol–water partition coefficient (Wildman–Crippen LogP) is 1.47. The van der Waals surface area contributed by atoms with Crippen LogP contribution in [0.3, 0.4) is 0 Å². The van der Waals surface area contributed by atoms with Crippen molar-refractivity contribution < 1.29 is 13.5 Å². The third-order valence-corrected chi connectivity index (χ3v) is 0.792. The molecule has 5 heteroatoms. The molecule has 0 rings (SSSR count). The summed E-state index contributed by atoms with van der Waals surface area (Å²) in [7, 11) is 2.59. The second-order valence-corrected chi connectivity index (χ2v) is 1.52. The monoisotopic (exact) mass is 162 g/mol. The minimum absolute atomic E-state index is 0.235. The zero-order valence-electron chi connectivity index (χ0n) is 6.27. The third kappa shape index (κ3) is 3.44. The first-order valence-corrected chi connectivity index (χ1v) is 2.71. The average molecular weight is 162 g/mol. The maximum Gasteiger partial charge on any atom is 0.313 e. The molecule has 0 fully saturated rings. The standard InChI is InChI=1S/C6H8F2N2O/c1-4(7)5(8)10-6(9-2)11-3/h1H2,2-3H3/b9-6+,10-5+. The van der Waals surface area contributed by atoms with Crippen molar-refractivity contribution in [2.45, 2.75) is 0 Å². The molecule has 0 aromatic heterocycles. The van der Waals surface area contributed by atoms with Crippen molar-refractivity contribution in [3.05, 3.63) is 12.4 Å². The lowest BCUT2D eigenvalue weighted by Gasteiger charge is -1.95. The molecule has 0 radical (unpaired) electrons. The van der Waals surface area contributed by atoms with E-state index in [1.165, 1.54) is 14.2 Å². The number of rotatable bonds is 1. The van der Waals surface area contributed by atoms with Gasteiger partial charge in [-0.3, -0.25) is 0 Å². The summed E-state index contributed by atoms with van der Waals surface area (Å²) in [5.41, 5.74) is 0. The minimum Gasteiger partial charge on any atom is -0.467 e. The van der Waals surface area contributed by atoms with Crippen molar-refractivity contribution in [3.8, 4) is 0 Å². The number of allylic oxidation sites excluding steroid dienone is 1. The third-order valence-electron chi connectivity index (χ3n) is 0.792. The summed E-state index contributed by atoms with van der Waals surface area (Å²) in [6.45, 7) is 2.69. The van der Waals surface area contributed by atoms with Crippen LogP contribution in [0.4, 0.5) is 8.78 Å². The molecule has 0 aliphatic heterocycles. The molecule has 3 nitrogen and oxygen atoms in total.